The first-order valence-electron chi connectivity index (χ1n) is 6.62. The summed E-state index contributed by atoms with van der Waals surface area (Å²) in [5, 5.41) is 9.94. The van der Waals surface area contributed by atoms with Gasteiger partial charge in [-0.1, -0.05) is 6.92 Å². The first-order valence-corrected chi connectivity index (χ1v) is 7.50. The molecule has 0 bridgehead atoms. The molecular weight excluding hydrogens is 256 g/mol. The molecular formula is C14H20N4S. The van der Waals surface area contributed by atoms with Gasteiger partial charge in [-0.05, 0) is 19.4 Å². The lowest BCUT2D eigenvalue weighted by atomic mass is 10.3. The van der Waals surface area contributed by atoms with Gasteiger partial charge in [0.2, 0.25) is 0 Å². The molecule has 0 aliphatic heterocycles. The van der Waals surface area contributed by atoms with Gasteiger partial charge in [0, 0.05) is 42.8 Å². The number of pyridine rings is 1. The summed E-state index contributed by atoms with van der Waals surface area (Å²) in [5.41, 5.74) is 2.26. The Hall–Kier alpha value is -1.62. The van der Waals surface area contributed by atoms with Crippen molar-refractivity contribution in [1.82, 2.24) is 9.97 Å². The van der Waals surface area contributed by atoms with Crippen LogP contribution in [-0.4, -0.2) is 23.1 Å². The number of thiazole rings is 1. The Balaban J connectivity index is 1.82. The van der Waals surface area contributed by atoms with Crippen LogP contribution in [0.3, 0.4) is 0 Å². The molecule has 0 radical (unpaired) electrons. The van der Waals surface area contributed by atoms with Gasteiger partial charge in [0.1, 0.15) is 5.82 Å². The van der Waals surface area contributed by atoms with Crippen molar-refractivity contribution in [3.8, 4) is 0 Å². The third kappa shape index (κ3) is 4.52. The van der Waals surface area contributed by atoms with Crippen molar-refractivity contribution in [1.29, 1.82) is 0 Å². The lowest BCUT2D eigenvalue weighted by molar-refractivity contribution is 0.961. The van der Waals surface area contributed by atoms with Crippen molar-refractivity contribution in [2.75, 3.05) is 23.7 Å². The molecule has 19 heavy (non-hydrogen) atoms. The summed E-state index contributed by atoms with van der Waals surface area (Å²) in [5.74, 6) is 0.927. The fourth-order valence-corrected chi connectivity index (χ4v) is 2.40. The van der Waals surface area contributed by atoms with Gasteiger partial charge in [0.05, 0.1) is 10.7 Å². The average Bonchev–Trinajstić information content (AvgIpc) is 2.83. The number of rotatable bonds is 7. The number of hydrogen-bond acceptors (Lipinski definition) is 5. The molecule has 4 nitrogen and oxygen atoms in total. The fraction of sp³-hybridized carbons (Fsp3) is 0.429. The molecule has 0 unspecified atom stereocenters. The summed E-state index contributed by atoms with van der Waals surface area (Å²) < 4.78 is 0. The van der Waals surface area contributed by atoms with E-state index in [0.29, 0.717) is 0 Å². The molecule has 0 aliphatic carbocycles. The first-order chi connectivity index (χ1) is 9.28. The van der Waals surface area contributed by atoms with E-state index in [-0.39, 0.29) is 0 Å². The second-order valence-electron chi connectivity index (χ2n) is 4.39. The van der Waals surface area contributed by atoms with E-state index in [0.717, 1.165) is 48.1 Å². The van der Waals surface area contributed by atoms with Gasteiger partial charge in [-0.3, -0.25) is 0 Å². The van der Waals surface area contributed by atoms with E-state index in [4.69, 9.17) is 0 Å². The minimum atomic E-state index is 0.889. The van der Waals surface area contributed by atoms with Gasteiger partial charge in [-0.25, -0.2) is 9.97 Å². The van der Waals surface area contributed by atoms with Crippen molar-refractivity contribution in [3.63, 3.8) is 0 Å². The van der Waals surface area contributed by atoms with Crippen LogP contribution in [0.4, 0.5) is 11.5 Å². The summed E-state index contributed by atoms with van der Waals surface area (Å²) in [7, 11) is 0. The number of nitrogens with zero attached hydrogens (tertiary/aromatic N) is 2. The van der Waals surface area contributed by atoms with E-state index >= 15 is 0 Å². The molecule has 0 atom stereocenters. The van der Waals surface area contributed by atoms with Crippen LogP contribution >= 0.6 is 11.3 Å². The van der Waals surface area contributed by atoms with Gasteiger partial charge in [0.25, 0.3) is 0 Å². The smallest absolute Gasteiger partial charge is 0.127 e. The third-order valence-corrected chi connectivity index (χ3v) is 3.52. The van der Waals surface area contributed by atoms with Crippen LogP contribution in [0.25, 0.3) is 0 Å². The Labute approximate surface area is 118 Å². The highest BCUT2D eigenvalue weighted by Crippen LogP contribution is 2.13. The van der Waals surface area contributed by atoms with Crippen molar-refractivity contribution in [3.05, 3.63) is 34.4 Å². The highest BCUT2D eigenvalue weighted by Gasteiger charge is 1.99. The maximum absolute atomic E-state index is 4.45. The Morgan fingerprint density at radius 1 is 1.26 bits per heavy atom. The molecule has 2 N–H and O–H groups in total. The van der Waals surface area contributed by atoms with Crippen LogP contribution < -0.4 is 10.6 Å². The predicted octanol–water partition coefficient (Wildman–Crippen LogP) is 3.32. The minimum Gasteiger partial charge on any atom is -0.384 e. The van der Waals surface area contributed by atoms with Gasteiger partial charge in [-0.2, -0.15) is 0 Å². The minimum absolute atomic E-state index is 0.889. The molecule has 2 aromatic heterocycles. The Morgan fingerprint density at radius 2 is 2.16 bits per heavy atom. The number of aromatic nitrogens is 2. The van der Waals surface area contributed by atoms with Gasteiger partial charge in [-0.15, -0.1) is 11.3 Å². The molecule has 0 saturated heterocycles. The number of nitrogens with one attached hydrogen (secondary N) is 2. The third-order valence-electron chi connectivity index (χ3n) is 2.69. The standard InChI is InChI=1S/C14H20N4S/c1-3-6-16-14-9-12(4-8-17-14)15-7-5-13-10-19-11(2)18-13/h4,8-10H,3,5-7H2,1-2H3,(H2,15,16,17). The Kier molecular flexibility index (Phi) is 5.15. The summed E-state index contributed by atoms with van der Waals surface area (Å²) in [6, 6.07) is 4.03. The van der Waals surface area contributed by atoms with Gasteiger partial charge < -0.3 is 10.6 Å². The van der Waals surface area contributed by atoms with Crippen LogP contribution in [0.2, 0.25) is 0 Å². The van der Waals surface area contributed by atoms with E-state index < -0.39 is 0 Å². The predicted molar refractivity (Wildman–Crippen MR) is 82.1 cm³/mol. The highest BCUT2D eigenvalue weighted by atomic mass is 32.1. The fourth-order valence-electron chi connectivity index (χ4n) is 1.75. The van der Waals surface area contributed by atoms with Crippen LogP contribution in [-0.2, 0) is 6.42 Å². The van der Waals surface area contributed by atoms with Crippen molar-refractivity contribution in [2.24, 2.45) is 0 Å². The number of hydrogen-bond donors (Lipinski definition) is 2. The molecule has 102 valence electrons. The lowest BCUT2D eigenvalue weighted by Crippen LogP contribution is -2.07. The number of aryl methyl sites for hydroxylation is 1. The summed E-state index contributed by atoms with van der Waals surface area (Å²) >= 11 is 1.70. The lowest BCUT2D eigenvalue weighted by Gasteiger charge is -2.08. The summed E-state index contributed by atoms with van der Waals surface area (Å²) in [6.45, 7) is 6.02. The quantitative estimate of drug-likeness (QED) is 0.814. The van der Waals surface area contributed by atoms with E-state index in [1.807, 2.05) is 25.3 Å². The highest BCUT2D eigenvalue weighted by molar-refractivity contribution is 7.09. The Bertz CT molecular complexity index is 510. The normalized spacial score (nSPS) is 10.4. The van der Waals surface area contributed by atoms with Crippen LogP contribution in [0.1, 0.15) is 24.0 Å². The topological polar surface area (TPSA) is 49.8 Å². The molecule has 2 aromatic rings. The molecule has 0 fully saturated rings. The SMILES string of the molecule is CCCNc1cc(NCCc2csc(C)n2)ccn1. The molecule has 0 aliphatic rings. The van der Waals surface area contributed by atoms with Gasteiger partial charge in [0.15, 0.2) is 0 Å². The summed E-state index contributed by atoms with van der Waals surface area (Å²) in [4.78, 5) is 8.74. The monoisotopic (exact) mass is 276 g/mol. The van der Waals surface area contributed by atoms with Crippen molar-refractivity contribution in [2.45, 2.75) is 26.7 Å². The largest absolute Gasteiger partial charge is 0.384 e. The summed E-state index contributed by atoms with van der Waals surface area (Å²) in [6.07, 6.45) is 3.88. The molecule has 5 heteroatoms. The molecule has 2 rings (SSSR count). The van der Waals surface area contributed by atoms with E-state index in [9.17, 15) is 0 Å². The molecule has 2 heterocycles. The van der Waals surface area contributed by atoms with Crippen LogP contribution in [0.5, 0.6) is 0 Å². The zero-order valence-electron chi connectivity index (χ0n) is 11.4. The maximum Gasteiger partial charge on any atom is 0.127 e. The molecule has 0 aromatic carbocycles. The molecule has 0 amide bonds. The molecule has 0 saturated carbocycles. The van der Waals surface area contributed by atoms with Crippen molar-refractivity contribution < 1.29 is 0 Å². The zero-order valence-corrected chi connectivity index (χ0v) is 12.3. The van der Waals surface area contributed by atoms with Crippen LogP contribution in [0, 0.1) is 6.92 Å². The zero-order chi connectivity index (χ0) is 13.5. The second kappa shape index (κ2) is 7.09. The molecule has 0 spiro atoms. The average molecular weight is 276 g/mol. The Morgan fingerprint density at radius 3 is 2.89 bits per heavy atom. The number of anilines is 2. The first kappa shape index (κ1) is 13.8. The van der Waals surface area contributed by atoms with E-state index in [1.165, 1.54) is 0 Å². The van der Waals surface area contributed by atoms with Crippen LogP contribution in [0.15, 0.2) is 23.7 Å². The maximum atomic E-state index is 4.45. The van der Waals surface area contributed by atoms with E-state index in [2.05, 4.69) is 32.9 Å². The second-order valence-corrected chi connectivity index (χ2v) is 5.45. The van der Waals surface area contributed by atoms with Gasteiger partial charge >= 0.3 is 0 Å². The van der Waals surface area contributed by atoms with Crippen molar-refractivity contribution >= 4 is 22.8 Å². The van der Waals surface area contributed by atoms with E-state index in [1.54, 1.807) is 11.3 Å².